The number of amides is 1. The second kappa shape index (κ2) is 8.10. The molecule has 9 heteroatoms. The van der Waals surface area contributed by atoms with E-state index in [1.165, 1.54) is 24.1 Å². The highest BCUT2D eigenvalue weighted by Crippen LogP contribution is 2.33. The first-order valence-electron chi connectivity index (χ1n) is 9.25. The molecule has 1 aliphatic rings. The highest BCUT2D eigenvalue weighted by molar-refractivity contribution is 5.79. The van der Waals surface area contributed by atoms with Crippen LogP contribution in [0.3, 0.4) is 0 Å². The van der Waals surface area contributed by atoms with Gasteiger partial charge in [0.1, 0.15) is 11.6 Å². The lowest BCUT2D eigenvalue weighted by molar-refractivity contribution is -0.128. The van der Waals surface area contributed by atoms with Gasteiger partial charge in [-0.2, -0.15) is 4.98 Å². The van der Waals surface area contributed by atoms with Crippen LogP contribution in [-0.4, -0.2) is 41.7 Å². The third kappa shape index (κ3) is 3.96. The highest BCUT2D eigenvalue weighted by Gasteiger charge is 2.34. The zero-order valence-electron chi connectivity index (χ0n) is 16.4. The van der Waals surface area contributed by atoms with Crippen LogP contribution in [0.2, 0.25) is 0 Å². The largest absolute Gasteiger partial charge is 0.493 e. The summed E-state index contributed by atoms with van der Waals surface area (Å²) in [6, 6.07) is 8.48. The van der Waals surface area contributed by atoms with E-state index in [0.29, 0.717) is 40.9 Å². The zero-order chi connectivity index (χ0) is 21.3. The molecular formula is C21H19F2N3O4. The number of ether oxygens (including phenoxy) is 2. The quantitative estimate of drug-likeness (QED) is 0.613. The standard InChI is InChI=1S/C21H19F2N3O4/c1-28-17-4-3-13(7-18(17)29-2)20-24-21(30-25-20)14-8-19(27)26(11-14)10-12-5-15(22)9-16(23)6-12/h3-7,9,14H,8,10-11H2,1-2H3. The van der Waals surface area contributed by atoms with Gasteiger partial charge in [0.15, 0.2) is 11.5 Å². The first kappa shape index (κ1) is 19.8. The number of nitrogens with zero attached hydrogens (tertiary/aromatic N) is 3. The predicted molar refractivity (Wildman–Crippen MR) is 102 cm³/mol. The second-order valence-electron chi connectivity index (χ2n) is 6.98. The van der Waals surface area contributed by atoms with Gasteiger partial charge in [-0.3, -0.25) is 4.79 Å². The average Bonchev–Trinajstić information content (AvgIpc) is 3.34. The van der Waals surface area contributed by atoms with Gasteiger partial charge in [-0.1, -0.05) is 5.16 Å². The van der Waals surface area contributed by atoms with Crippen molar-refractivity contribution >= 4 is 5.91 Å². The molecule has 0 spiro atoms. The van der Waals surface area contributed by atoms with E-state index < -0.39 is 11.6 Å². The number of benzene rings is 2. The summed E-state index contributed by atoms with van der Waals surface area (Å²) in [5.41, 5.74) is 1.07. The maximum Gasteiger partial charge on any atom is 0.232 e. The molecule has 2 aromatic carbocycles. The molecule has 1 saturated heterocycles. The fourth-order valence-corrected chi connectivity index (χ4v) is 3.51. The van der Waals surface area contributed by atoms with Crippen molar-refractivity contribution in [1.82, 2.24) is 15.0 Å². The Kier molecular flexibility index (Phi) is 5.35. The third-order valence-corrected chi connectivity index (χ3v) is 4.94. The van der Waals surface area contributed by atoms with Crippen molar-refractivity contribution in [2.45, 2.75) is 18.9 Å². The summed E-state index contributed by atoms with van der Waals surface area (Å²) in [7, 11) is 3.08. The summed E-state index contributed by atoms with van der Waals surface area (Å²) < 4.78 is 42.7. The maximum atomic E-state index is 13.4. The monoisotopic (exact) mass is 415 g/mol. The zero-order valence-corrected chi connectivity index (χ0v) is 16.4. The molecule has 0 N–H and O–H groups in total. The Labute approximate surface area is 171 Å². The molecule has 0 saturated carbocycles. The van der Waals surface area contributed by atoms with Crippen molar-refractivity contribution in [2.75, 3.05) is 20.8 Å². The van der Waals surface area contributed by atoms with E-state index >= 15 is 0 Å². The van der Waals surface area contributed by atoms with Crippen LogP contribution < -0.4 is 9.47 Å². The average molecular weight is 415 g/mol. The van der Waals surface area contributed by atoms with E-state index in [-0.39, 0.29) is 24.8 Å². The number of hydrogen-bond donors (Lipinski definition) is 0. The molecule has 1 amide bonds. The molecule has 1 fully saturated rings. The van der Waals surface area contributed by atoms with Crippen LogP contribution in [-0.2, 0) is 11.3 Å². The molecule has 4 rings (SSSR count). The highest BCUT2D eigenvalue weighted by atomic mass is 19.1. The van der Waals surface area contributed by atoms with Crippen molar-refractivity contribution < 1.29 is 27.6 Å². The predicted octanol–water partition coefficient (Wildman–Crippen LogP) is 3.55. The Hall–Kier alpha value is -3.49. The van der Waals surface area contributed by atoms with Crippen LogP contribution in [0.4, 0.5) is 8.78 Å². The lowest BCUT2D eigenvalue weighted by Crippen LogP contribution is -2.24. The summed E-state index contributed by atoms with van der Waals surface area (Å²) in [5, 5.41) is 4.01. The summed E-state index contributed by atoms with van der Waals surface area (Å²) in [6.07, 6.45) is 0.186. The second-order valence-corrected chi connectivity index (χ2v) is 6.98. The van der Waals surface area contributed by atoms with E-state index in [9.17, 15) is 13.6 Å². The molecule has 3 aromatic rings. The molecule has 7 nitrogen and oxygen atoms in total. The molecule has 0 radical (unpaired) electrons. The fraction of sp³-hybridized carbons (Fsp3) is 0.286. The van der Waals surface area contributed by atoms with Crippen molar-refractivity contribution in [3.63, 3.8) is 0 Å². The summed E-state index contributed by atoms with van der Waals surface area (Å²) in [4.78, 5) is 18.3. The Morgan fingerprint density at radius 2 is 1.83 bits per heavy atom. The van der Waals surface area contributed by atoms with E-state index in [1.807, 2.05) is 0 Å². The first-order valence-corrected chi connectivity index (χ1v) is 9.25. The minimum Gasteiger partial charge on any atom is -0.493 e. The molecule has 2 heterocycles. The van der Waals surface area contributed by atoms with Crippen molar-refractivity contribution in [2.24, 2.45) is 0 Å². The van der Waals surface area contributed by atoms with Crippen molar-refractivity contribution in [1.29, 1.82) is 0 Å². The molecule has 1 atom stereocenters. The lowest BCUT2D eigenvalue weighted by atomic mass is 10.1. The van der Waals surface area contributed by atoms with E-state index in [1.54, 1.807) is 25.3 Å². The molecule has 1 aromatic heterocycles. The molecule has 1 unspecified atom stereocenters. The van der Waals surface area contributed by atoms with Gasteiger partial charge >= 0.3 is 0 Å². The van der Waals surface area contributed by atoms with E-state index in [2.05, 4.69) is 10.1 Å². The molecular weight excluding hydrogens is 396 g/mol. The van der Waals surface area contributed by atoms with Gasteiger partial charge < -0.3 is 18.9 Å². The Morgan fingerprint density at radius 1 is 1.10 bits per heavy atom. The Morgan fingerprint density at radius 3 is 2.53 bits per heavy atom. The summed E-state index contributed by atoms with van der Waals surface area (Å²) >= 11 is 0. The van der Waals surface area contributed by atoms with Gasteiger partial charge in [0.25, 0.3) is 0 Å². The van der Waals surface area contributed by atoms with E-state index in [4.69, 9.17) is 14.0 Å². The smallest absolute Gasteiger partial charge is 0.232 e. The van der Waals surface area contributed by atoms with Gasteiger partial charge in [-0.05, 0) is 35.9 Å². The van der Waals surface area contributed by atoms with Crippen LogP contribution in [0.15, 0.2) is 40.9 Å². The van der Waals surface area contributed by atoms with Gasteiger partial charge in [0, 0.05) is 31.1 Å². The number of methoxy groups -OCH3 is 2. The number of carbonyl (C=O) groups is 1. The van der Waals surface area contributed by atoms with Crippen LogP contribution in [0, 0.1) is 11.6 Å². The molecule has 156 valence electrons. The van der Waals surface area contributed by atoms with Crippen LogP contribution in [0.5, 0.6) is 11.5 Å². The number of halogens is 2. The molecule has 0 aliphatic carbocycles. The summed E-state index contributed by atoms with van der Waals surface area (Å²) in [6.45, 7) is 0.436. The third-order valence-electron chi connectivity index (χ3n) is 4.94. The van der Waals surface area contributed by atoms with Gasteiger partial charge in [0.2, 0.25) is 17.6 Å². The number of hydrogen-bond acceptors (Lipinski definition) is 6. The summed E-state index contributed by atoms with van der Waals surface area (Å²) in [5.74, 6) is 0.0222. The Balaban J connectivity index is 1.49. The molecule has 1 aliphatic heterocycles. The fourth-order valence-electron chi connectivity index (χ4n) is 3.51. The van der Waals surface area contributed by atoms with Gasteiger partial charge in [0.05, 0.1) is 20.1 Å². The first-order chi connectivity index (χ1) is 14.5. The van der Waals surface area contributed by atoms with Crippen molar-refractivity contribution in [3.05, 3.63) is 59.5 Å². The van der Waals surface area contributed by atoms with Crippen LogP contribution in [0.1, 0.15) is 23.8 Å². The SMILES string of the molecule is COc1ccc(-c2noc(C3CC(=O)N(Cc4cc(F)cc(F)c4)C3)n2)cc1OC. The maximum absolute atomic E-state index is 13.4. The minimum atomic E-state index is -0.676. The van der Waals surface area contributed by atoms with Crippen molar-refractivity contribution in [3.8, 4) is 22.9 Å². The van der Waals surface area contributed by atoms with Crippen LogP contribution in [0.25, 0.3) is 11.4 Å². The lowest BCUT2D eigenvalue weighted by Gasteiger charge is -2.16. The van der Waals surface area contributed by atoms with Crippen LogP contribution >= 0.6 is 0 Å². The molecule has 30 heavy (non-hydrogen) atoms. The Bertz CT molecular complexity index is 1070. The van der Waals surface area contributed by atoms with Gasteiger partial charge in [-0.25, -0.2) is 8.78 Å². The van der Waals surface area contributed by atoms with E-state index in [0.717, 1.165) is 6.07 Å². The number of rotatable bonds is 6. The minimum absolute atomic E-state index is 0.112. The van der Waals surface area contributed by atoms with Gasteiger partial charge in [-0.15, -0.1) is 0 Å². The number of likely N-dealkylation sites (tertiary alicyclic amines) is 1. The number of carbonyl (C=O) groups excluding carboxylic acids is 1. The molecule has 0 bridgehead atoms. The topological polar surface area (TPSA) is 77.7 Å². The normalized spacial score (nSPS) is 16.2. The number of aromatic nitrogens is 2.